The Bertz CT molecular complexity index is 3000. The summed E-state index contributed by atoms with van der Waals surface area (Å²) in [5.41, 5.74) is 7.28. The second-order valence-corrected chi connectivity index (χ2v) is 15.1. The van der Waals surface area contributed by atoms with E-state index < -0.39 is 11.3 Å². The fraction of sp³-hybridized carbons (Fsp3) is 0.119. The Morgan fingerprint density at radius 2 is 1.30 bits per heavy atom. The molecule has 3 aliphatic rings. The second-order valence-electron chi connectivity index (χ2n) is 15.1. The van der Waals surface area contributed by atoms with Crippen LogP contribution in [0, 0.1) is 18.3 Å². The topological polar surface area (TPSA) is 17.8 Å². The molecule has 57 heavy (non-hydrogen) atoms. The summed E-state index contributed by atoms with van der Waals surface area (Å²) in [4.78, 5) is 5.18. The number of aromatic nitrogens is 2. The van der Waals surface area contributed by atoms with Gasteiger partial charge in [-0.2, -0.15) is 0 Å². The molecule has 3 aliphatic carbocycles. The van der Waals surface area contributed by atoms with E-state index in [1.807, 2.05) is 73.0 Å². The van der Waals surface area contributed by atoms with Crippen molar-refractivity contribution in [3.8, 4) is 18.0 Å². The van der Waals surface area contributed by atoms with Crippen molar-refractivity contribution < 1.29 is 0 Å². The summed E-state index contributed by atoms with van der Waals surface area (Å²) in [6.45, 7) is 3.84. The van der Waals surface area contributed by atoms with Crippen LogP contribution < -0.4 is 54.1 Å². The lowest BCUT2D eigenvalue weighted by Crippen LogP contribution is -2.66. The van der Waals surface area contributed by atoms with Crippen LogP contribution in [0.4, 0.5) is 0 Å². The summed E-state index contributed by atoms with van der Waals surface area (Å²) >= 11 is 0. The molecule has 0 amide bonds. The van der Waals surface area contributed by atoms with Gasteiger partial charge >= 0.3 is 0 Å². The van der Waals surface area contributed by atoms with Crippen molar-refractivity contribution in [1.29, 1.82) is 0 Å². The van der Waals surface area contributed by atoms with E-state index in [1.54, 1.807) is 0 Å². The molecule has 15 heteroatoms. The van der Waals surface area contributed by atoms with E-state index in [9.17, 15) is 0 Å². The van der Waals surface area contributed by atoms with Gasteiger partial charge in [-0.15, -0.1) is 44.7 Å². The summed E-state index contributed by atoms with van der Waals surface area (Å²) in [7, 11) is 88.0. The van der Waals surface area contributed by atoms with E-state index in [-0.39, 0.29) is 72.0 Å². The fourth-order valence-corrected chi connectivity index (χ4v) is 9.06. The molecular weight excluding hydrogens is 673 g/mol. The Balaban J connectivity index is 1.55. The maximum atomic E-state index is 7.30. The quantitative estimate of drug-likeness (QED) is 0.138. The fourth-order valence-electron chi connectivity index (χ4n) is 9.06. The van der Waals surface area contributed by atoms with Gasteiger partial charge in [0.05, 0.1) is 11.0 Å². The van der Waals surface area contributed by atoms with E-state index in [0.29, 0.717) is 66.2 Å². The van der Waals surface area contributed by atoms with Crippen molar-refractivity contribution >= 4 is 173 Å². The maximum Gasteiger partial charge on any atom is 0.146 e. The monoisotopic (exact) mass is 694 g/mol. The first kappa shape index (κ1) is 39.3. The van der Waals surface area contributed by atoms with Gasteiger partial charge in [0.15, 0.2) is 0 Å². The standard InChI is InChI=1S/C42H19B13N2/c1-4-17(43)23-27-29(35(50)40(55)39(54)34(27)49)42(2,3)28(23)18(44)14-16-21-24(32(47)36(51)30(21)45)26(25-22(16)31(46)37(52)38(53)33(25)48)41-56-19-12-8-9-13-20(19)57(41)15-10-6-5-7-11-15/h1,5-13,21H,14H2,2-3H3/b23-17+,28-18?. The van der Waals surface area contributed by atoms with E-state index in [1.165, 1.54) is 0 Å². The minimum Gasteiger partial charge on any atom is -0.292 e. The number of nitrogens with zero attached hydrogens (tertiary/aromatic N) is 2. The van der Waals surface area contributed by atoms with Gasteiger partial charge in [-0.1, -0.05) is 77.4 Å². The highest BCUT2D eigenvalue weighted by Crippen LogP contribution is 2.52. The lowest BCUT2D eigenvalue weighted by Gasteiger charge is -2.33. The van der Waals surface area contributed by atoms with Gasteiger partial charge in [0.2, 0.25) is 0 Å². The Labute approximate surface area is 351 Å². The molecule has 2 nitrogen and oxygen atoms in total. The third kappa shape index (κ3) is 5.41. The number of hydrogen-bond acceptors (Lipinski definition) is 1. The Morgan fingerprint density at radius 1 is 0.719 bits per heavy atom. The molecule has 0 saturated heterocycles. The zero-order chi connectivity index (χ0) is 41.2. The molecule has 26 radical (unpaired) electrons. The third-order valence-corrected chi connectivity index (χ3v) is 11.7. The molecule has 4 aromatic carbocycles. The van der Waals surface area contributed by atoms with E-state index in [2.05, 4.69) is 5.92 Å². The first-order chi connectivity index (χ1) is 27.0. The number of fused-ring (bicyclic) bond motifs is 4. The van der Waals surface area contributed by atoms with Crippen LogP contribution in [0.5, 0.6) is 0 Å². The highest BCUT2D eigenvalue weighted by molar-refractivity contribution is 6.64. The van der Waals surface area contributed by atoms with Crippen molar-refractivity contribution in [2.45, 2.75) is 25.7 Å². The molecule has 1 aromatic heterocycles. The van der Waals surface area contributed by atoms with Crippen molar-refractivity contribution in [2.24, 2.45) is 5.92 Å². The zero-order valence-electron chi connectivity index (χ0n) is 31.5. The van der Waals surface area contributed by atoms with Crippen LogP contribution in [-0.4, -0.2) is 112 Å². The average Bonchev–Trinajstić information content (AvgIpc) is 3.78. The number of rotatable bonds is 4. The summed E-state index contributed by atoms with van der Waals surface area (Å²) < 4.78 is 2.02. The summed E-state index contributed by atoms with van der Waals surface area (Å²) in [6, 6.07) is 17.5. The van der Waals surface area contributed by atoms with Crippen molar-refractivity contribution in [1.82, 2.24) is 9.55 Å². The van der Waals surface area contributed by atoms with Crippen molar-refractivity contribution in [3.05, 3.63) is 120 Å². The molecule has 0 spiro atoms. The Hall–Kier alpha value is -4.55. The number of hydrogen-bond donors (Lipinski definition) is 0. The molecule has 0 fully saturated rings. The molecule has 0 N–H and O–H groups in total. The average molecular weight is 692 g/mol. The number of benzene rings is 4. The second kappa shape index (κ2) is 13.8. The molecule has 1 unspecified atom stereocenters. The zero-order valence-corrected chi connectivity index (χ0v) is 31.5. The van der Waals surface area contributed by atoms with Gasteiger partial charge in [-0.05, 0) is 80.0 Å². The molecule has 1 heterocycles. The van der Waals surface area contributed by atoms with Crippen LogP contribution >= 0.6 is 0 Å². The van der Waals surface area contributed by atoms with E-state index in [0.717, 1.165) is 11.2 Å². The smallest absolute Gasteiger partial charge is 0.146 e. The lowest BCUT2D eigenvalue weighted by molar-refractivity contribution is 0.661. The lowest BCUT2D eigenvalue weighted by atomic mass is 9.60. The largest absolute Gasteiger partial charge is 0.292 e. The highest BCUT2D eigenvalue weighted by Gasteiger charge is 2.43. The number of allylic oxidation sites excluding steroid dienone is 8. The van der Waals surface area contributed by atoms with Crippen LogP contribution in [0.1, 0.15) is 37.2 Å². The molecule has 8 rings (SSSR count). The van der Waals surface area contributed by atoms with Crippen molar-refractivity contribution in [3.63, 3.8) is 0 Å². The minimum atomic E-state index is -0.940. The first-order valence-electron chi connectivity index (χ1n) is 18.0. The van der Waals surface area contributed by atoms with E-state index in [4.69, 9.17) is 113 Å². The van der Waals surface area contributed by atoms with Gasteiger partial charge in [0.25, 0.3) is 0 Å². The van der Waals surface area contributed by atoms with Crippen LogP contribution in [-0.2, 0) is 5.41 Å². The van der Waals surface area contributed by atoms with Gasteiger partial charge in [-0.25, -0.2) is 4.98 Å². The highest BCUT2D eigenvalue weighted by atomic mass is 15.1. The van der Waals surface area contributed by atoms with Crippen LogP contribution in [0.3, 0.4) is 0 Å². The molecule has 0 saturated carbocycles. The van der Waals surface area contributed by atoms with Gasteiger partial charge in [-0.3, -0.25) is 4.57 Å². The summed E-state index contributed by atoms with van der Waals surface area (Å²) in [5.74, 6) is 2.28. The number of terminal acetylenes is 1. The normalized spacial score (nSPS) is 18.8. The number of para-hydroxylation sites is 3. The molecule has 0 aliphatic heterocycles. The Morgan fingerprint density at radius 3 is 1.95 bits per heavy atom. The first-order valence-corrected chi connectivity index (χ1v) is 18.0. The van der Waals surface area contributed by atoms with Crippen LogP contribution in [0.25, 0.3) is 33.4 Å². The molecule has 0 bridgehead atoms. The predicted octanol–water partition coefficient (Wildman–Crippen LogP) is -4.34. The minimum absolute atomic E-state index is 0.0106. The Kier molecular flexibility index (Phi) is 9.51. The maximum absolute atomic E-state index is 7.30. The molecule has 236 valence electrons. The molecule has 5 aromatic rings. The number of imidazole rings is 1. The third-order valence-electron chi connectivity index (χ3n) is 11.7. The van der Waals surface area contributed by atoms with Gasteiger partial charge in [0.1, 0.15) is 108 Å². The van der Waals surface area contributed by atoms with Gasteiger partial charge in [0, 0.05) is 22.6 Å². The van der Waals surface area contributed by atoms with Crippen LogP contribution in [0.15, 0.2) is 93.1 Å². The SMILES string of the molecule is [B]C(CC1=c2c([B])c([B])c([B])c([B])c2=C(c2nc3ccccc3n2-c2ccccc2)C2=C([B])C([B])=C([B])C21)=C1/C(=C(/[B])C#C)c2c([B])c([B])c([B])c([B])c2C1(C)C. The predicted molar refractivity (Wildman–Crippen MR) is 249 cm³/mol. The summed E-state index contributed by atoms with van der Waals surface area (Å²) in [6.07, 6.45) is 5.96. The van der Waals surface area contributed by atoms with Crippen molar-refractivity contribution in [2.75, 3.05) is 0 Å². The molecule has 1 atom stereocenters. The van der Waals surface area contributed by atoms with E-state index >= 15 is 0 Å². The summed E-state index contributed by atoms with van der Waals surface area (Å²) in [5, 5.41) is 0.901. The molecular formula is C42H19B13N2. The van der Waals surface area contributed by atoms with Crippen LogP contribution in [0.2, 0.25) is 0 Å². The van der Waals surface area contributed by atoms with Gasteiger partial charge < -0.3 is 0 Å².